The fraction of sp³-hybridized carbons (Fsp3) is 0.600. The number of fused-ring (bicyclic) bond motifs is 1. The van der Waals surface area contributed by atoms with E-state index in [-0.39, 0.29) is 23.7 Å². The predicted octanol–water partition coefficient (Wildman–Crippen LogP) is 3.06. The van der Waals surface area contributed by atoms with Crippen molar-refractivity contribution in [2.75, 3.05) is 26.3 Å². The number of rotatable bonds is 8. The minimum atomic E-state index is -0.126. The Kier molecular flexibility index (Phi) is 5.61. The molecule has 1 aromatic rings. The van der Waals surface area contributed by atoms with Gasteiger partial charge in [0.2, 0.25) is 0 Å². The van der Waals surface area contributed by atoms with Gasteiger partial charge in [0, 0.05) is 19.5 Å². The first-order chi connectivity index (χ1) is 12.2. The van der Waals surface area contributed by atoms with E-state index in [0.29, 0.717) is 31.9 Å². The lowest BCUT2D eigenvalue weighted by Crippen LogP contribution is -2.34. The van der Waals surface area contributed by atoms with Crippen LogP contribution in [0.5, 0.6) is 5.75 Å². The Balaban J connectivity index is 1.70. The number of carbonyl (C=O) groups excluding carboxylic acids is 2. The van der Waals surface area contributed by atoms with Gasteiger partial charge in [0.25, 0.3) is 5.91 Å². The summed E-state index contributed by atoms with van der Waals surface area (Å²) in [4.78, 5) is 26.9. The topological polar surface area (TPSA) is 55.8 Å². The summed E-state index contributed by atoms with van der Waals surface area (Å²) < 4.78 is 10.8. The average molecular weight is 345 g/mol. The number of para-hydroxylation sites is 1. The molecule has 0 spiro atoms. The van der Waals surface area contributed by atoms with Crippen LogP contribution >= 0.6 is 0 Å². The van der Waals surface area contributed by atoms with E-state index in [4.69, 9.17) is 9.47 Å². The fourth-order valence-corrected chi connectivity index (χ4v) is 3.45. The molecule has 25 heavy (non-hydrogen) atoms. The highest BCUT2D eigenvalue weighted by Gasteiger charge is 2.45. The van der Waals surface area contributed by atoms with Gasteiger partial charge in [-0.15, -0.1) is 0 Å². The van der Waals surface area contributed by atoms with Crippen molar-refractivity contribution in [3.05, 3.63) is 29.3 Å². The number of esters is 1. The molecule has 0 bridgehead atoms. The molecule has 2 aliphatic rings. The van der Waals surface area contributed by atoms with Crippen molar-refractivity contribution in [2.45, 2.75) is 39.5 Å². The van der Waals surface area contributed by atoms with Gasteiger partial charge in [-0.05, 0) is 37.3 Å². The van der Waals surface area contributed by atoms with Gasteiger partial charge in [-0.3, -0.25) is 9.59 Å². The number of benzene rings is 1. The van der Waals surface area contributed by atoms with Crippen LogP contribution < -0.4 is 4.74 Å². The number of nitrogens with zero attached hydrogens (tertiary/aromatic N) is 1. The van der Waals surface area contributed by atoms with E-state index in [0.717, 1.165) is 37.0 Å². The van der Waals surface area contributed by atoms with Crippen LogP contribution in [-0.2, 0) is 16.0 Å². The van der Waals surface area contributed by atoms with Crippen LogP contribution in [0, 0.1) is 11.8 Å². The molecular formula is C20H27NO4. The Hall–Kier alpha value is -2.04. The van der Waals surface area contributed by atoms with Crippen LogP contribution in [0.1, 0.15) is 49.0 Å². The van der Waals surface area contributed by atoms with Crippen LogP contribution in [-0.4, -0.2) is 43.1 Å². The van der Waals surface area contributed by atoms with E-state index >= 15 is 0 Å². The minimum absolute atomic E-state index is 0.0155. The summed E-state index contributed by atoms with van der Waals surface area (Å²) in [5.74, 6) is 0.805. The molecule has 5 nitrogen and oxygen atoms in total. The van der Waals surface area contributed by atoms with Crippen LogP contribution in [0.3, 0.4) is 0 Å². The summed E-state index contributed by atoms with van der Waals surface area (Å²) in [7, 11) is 0. The van der Waals surface area contributed by atoms with Gasteiger partial charge in [-0.2, -0.15) is 0 Å². The zero-order chi connectivity index (χ0) is 17.8. The third-order valence-electron chi connectivity index (χ3n) is 4.98. The van der Waals surface area contributed by atoms with Crippen molar-refractivity contribution in [1.29, 1.82) is 0 Å². The summed E-state index contributed by atoms with van der Waals surface area (Å²) in [6.45, 7) is 6.32. The van der Waals surface area contributed by atoms with Gasteiger partial charge in [0.15, 0.2) is 0 Å². The van der Waals surface area contributed by atoms with Crippen molar-refractivity contribution < 1.29 is 19.1 Å². The number of unbranched alkanes of at least 4 members (excludes halogenated alkanes) is 1. The van der Waals surface area contributed by atoms with E-state index < -0.39 is 0 Å². The largest absolute Gasteiger partial charge is 0.492 e. The Bertz CT molecular complexity index is 643. The van der Waals surface area contributed by atoms with Gasteiger partial charge >= 0.3 is 5.97 Å². The highest BCUT2D eigenvalue weighted by atomic mass is 16.5. The highest BCUT2D eigenvalue weighted by molar-refractivity contribution is 5.97. The molecule has 0 radical (unpaired) electrons. The first-order valence-corrected chi connectivity index (χ1v) is 9.36. The molecule has 1 amide bonds. The third kappa shape index (κ3) is 3.97. The van der Waals surface area contributed by atoms with Crippen LogP contribution in [0.4, 0.5) is 0 Å². The van der Waals surface area contributed by atoms with Gasteiger partial charge in [0.05, 0.1) is 24.7 Å². The Morgan fingerprint density at radius 3 is 2.92 bits per heavy atom. The van der Waals surface area contributed by atoms with Crippen LogP contribution in [0.25, 0.3) is 0 Å². The molecule has 1 heterocycles. The van der Waals surface area contributed by atoms with Crippen LogP contribution in [0.2, 0.25) is 0 Å². The smallest absolute Gasteiger partial charge is 0.309 e. The average Bonchev–Trinajstić information content (AvgIpc) is 3.22. The van der Waals surface area contributed by atoms with Crippen molar-refractivity contribution in [3.8, 4) is 5.75 Å². The first kappa shape index (κ1) is 17.8. The molecule has 0 unspecified atom stereocenters. The van der Waals surface area contributed by atoms with Crippen molar-refractivity contribution in [1.82, 2.24) is 4.90 Å². The van der Waals surface area contributed by atoms with Gasteiger partial charge < -0.3 is 14.4 Å². The van der Waals surface area contributed by atoms with Crippen LogP contribution in [0.15, 0.2) is 18.2 Å². The normalized spacial score (nSPS) is 20.6. The molecule has 0 aromatic heterocycles. The number of ether oxygens (including phenoxy) is 2. The number of carbonyl (C=O) groups is 2. The Morgan fingerprint density at radius 2 is 2.16 bits per heavy atom. The molecule has 3 rings (SSSR count). The molecule has 1 fully saturated rings. The SMILES string of the molecule is CCCCN(C[C@H]1C[C@H]1C(=O)OCC)C(=O)c1cccc2c1OCC2. The number of amides is 1. The van der Waals surface area contributed by atoms with E-state index in [1.807, 2.05) is 30.0 Å². The monoisotopic (exact) mass is 345 g/mol. The second-order valence-corrected chi connectivity index (χ2v) is 6.85. The van der Waals surface area contributed by atoms with Gasteiger partial charge in [-0.1, -0.05) is 25.5 Å². The standard InChI is InChI=1S/C20H27NO4/c1-3-5-10-21(13-15-12-17(15)20(23)24-4-2)19(22)16-8-6-7-14-9-11-25-18(14)16/h6-8,15,17H,3-5,9-13H2,1-2H3/t15-,17-/m1/s1. The maximum absolute atomic E-state index is 13.1. The molecule has 2 atom stereocenters. The number of hydrogen-bond acceptors (Lipinski definition) is 4. The van der Waals surface area contributed by atoms with E-state index in [1.165, 1.54) is 0 Å². The molecule has 5 heteroatoms. The molecular weight excluding hydrogens is 318 g/mol. The molecule has 1 aliphatic heterocycles. The lowest BCUT2D eigenvalue weighted by molar-refractivity contribution is -0.145. The minimum Gasteiger partial charge on any atom is -0.492 e. The Labute approximate surface area is 149 Å². The second-order valence-electron chi connectivity index (χ2n) is 6.85. The van der Waals surface area contributed by atoms with E-state index in [9.17, 15) is 9.59 Å². The van der Waals surface area contributed by atoms with E-state index in [2.05, 4.69) is 6.92 Å². The zero-order valence-corrected chi connectivity index (χ0v) is 15.1. The predicted molar refractivity (Wildman–Crippen MR) is 94.7 cm³/mol. The lowest BCUT2D eigenvalue weighted by atomic mass is 10.1. The first-order valence-electron chi connectivity index (χ1n) is 9.36. The van der Waals surface area contributed by atoms with Gasteiger partial charge in [0.1, 0.15) is 5.75 Å². The molecule has 1 saturated carbocycles. The molecule has 0 N–H and O–H groups in total. The molecule has 1 aliphatic carbocycles. The number of hydrogen-bond donors (Lipinski definition) is 0. The summed E-state index contributed by atoms with van der Waals surface area (Å²) >= 11 is 0. The summed E-state index contributed by atoms with van der Waals surface area (Å²) in [6.07, 6.45) is 3.66. The lowest BCUT2D eigenvalue weighted by Gasteiger charge is -2.23. The molecule has 1 aromatic carbocycles. The van der Waals surface area contributed by atoms with Gasteiger partial charge in [-0.25, -0.2) is 0 Å². The highest BCUT2D eigenvalue weighted by Crippen LogP contribution is 2.40. The zero-order valence-electron chi connectivity index (χ0n) is 15.1. The van der Waals surface area contributed by atoms with E-state index in [1.54, 1.807) is 0 Å². The molecule has 136 valence electrons. The second kappa shape index (κ2) is 7.89. The summed E-state index contributed by atoms with van der Waals surface area (Å²) in [5, 5.41) is 0. The molecule has 0 saturated heterocycles. The fourth-order valence-electron chi connectivity index (χ4n) is 3.45. The summed E-state index contributed by atoms with van der Waals surface area (Å²) in [5.41, 5.74) is 1.76. The quantitative estimate of drug-likeness (QED) is 0.680. The Morgan fingerprint density at radius 1 is 1.32 bits per heavy atom. The van der Waals surface area contributed by atoms with Crippen molar-refractivity contribution in [2.24, 2.45) is 11.8 Å². The van der Waals surface area contributed by atoms with Crippen molar-refractivity contribution >= 4 is 11.9 Å². The maximum atomic E-state index is 13.1. The third-order valence-corrected chi connectivity index (χ3v) is 4.98. The van der Waals surface area contributed by atoms with Crippen molar-refractivity contribution in [3.63, 3.8) is 0 Å². The maximum Gasteiger partial charge on any atom is 0.309 e. The summed E-state index contributed by atoms with van der Waals surface area (Å²) in [6, 6.07) is 5.80.